The second kappa shape index (κ2) is 4.99. The summed E-state index contributed by atoms with van der Waals surface area (Å²) in [6, 6.07) is 0. The van der Waals surface area contributed by atoms with Gasteiger partial charge >= 0.3 is 11.9 Å². The van der Waals surface area contributed by atoms with Crippen molar-refractivity contribution in [1.82, 2.24) is 0 Å². The minimum atomic E-state index is -0.348. The lowest BCUT2D eigenvalue weighted by atomic mass is 9.45. The predicted octanol–water partition coefficient (Wildman–Crippen LogP) is 3.06. The van der Waals surface area contributed by atoms with Crippen LogP contribution in [-0.2, 0) is 23.8 Å². The number of hydrogen-bond acceptors (Lipinski definition) is 5. The van der Waals surface area contributed by atoms with E-state index in [0.29, 0.717) is 17.8 Å². The van der Waals surface area contributed by atoms with Gasteiger partial charge in [0.2, 0.25) is 6.29 Å². The fraction of sp³-hybridized carbons (Fsp3) is 0.900. The first-order valence-corrected chi connectivity index (χ1v) is 9.87. The molecule has 0 aromatic rings. The number of fused-ring (bicyclic) bond motifs is 2. The highest BCUT2D eigenvalue weighted by Gasteiger charge is 2.71. The van der Waals surface area contributed by atoms with E-state index in [1.807, 2.05) is 0 Å². The third-order valence-corrected chi connectivity index (χ3v) is 8.49. The van der Waals surface area contributed by atoms with Crippen LogP contribution < -0.4 is 0 Å². The third kappa shape index (κ3) is 1.99. The first-order chi connectivity index (χ1) is 11.8. The van der Waals surface area contributed by atoms with Gasteiger partial charge in [-0.2, -0.15) is 0 Å². The van der Waals surface area contributed by atoms with Crippen LogP contribution in [0.1, 0.15) is 59.3 Å². The zero-order valence-corrected chi connectivity index (χ0v) is 15.3. The number of carbonyl (C=O) groups excluding carboxylic acids is 2. The number of carbonyl (C=O) groups is 2. The van der Waals surface area contributed by atoms with E-state index >= 15 is 0 Å². The van der Waals surface area contributed by atoms with Crippen molar-refractivity contribution in [2.75, 3.05) is 0 Å². The maximum Gasteiger partial charge on any atom is 0.314 e. The van der Waals surface area contributed by atoms with E-state index < -0.39 is 0 Å². The van der Waals surface area contributed by atoms with Crippen molar-refractivity contribution in [3.8, 4) is 0 Å². The van der Waals surface area contributed by atoms with Gasteiger partial charge in [-0.1, -0.05) is 6.92 Å². The molecule has 0 spiro atoms. The molecular formula is C20H28O5. The Morgan fingerprint density at radius 2 is 2.00 bits per heavy atom. The first kappa shape index (κ1) is 16.1. The van der Waals surface area contributed by atoms with Crippen LogP contribution in [-0.4, -0.2) is 30.4 Å². The Morgan fingerprint density at radius 1 is 1.20 bits per heavy atom. The van der Waals surface area contributed by atoms with E-state index in [1.54, 1.807) is 0 Å². The van der Waals surface area contributed by atoms with Gasteiger partial charge in [-0.25, -0.2) is 0 Å². The molecule has 2 aliphatic heterocycles. The molecule has 0 N–H and O–H groups in total. The maximum atomic E-state index is 12.4. The van der Waals surface area contributed by atoms with Gasteiger partial charge in [-0.05, 0) is 68.6 Å². The lowest BCUT2D eigenvalue weighted by Crippen LogP contribution is -2.57. The molecule has 2 heterocycles. The molecule has 5 fully saturated rings. The van der Waals surface area contributed by atoms with Gasteiger partial charge in [0, 0.05) is 12.8 Å². The van der Waals surface area contributed by atoms with E-state index in [2.05, 4.69) is 13.8 Å². The molecular weight excluding hydrogens is 320 g/mol. The summed E-state index contributed by atoms with van der Waals surface area (Å²) in [6.45, 7) is 6.03. The summed E-state index contributed by atoms with van der Waals surface area (Å²) < 4.78 is 17.4. The molecule has 138 valence electrons. The van der Waals surface area contributed by atoms with Gasteiger partial charge in [-0.3, -0.25) is 9.59 Å². The smallest absolute Gasteiger partial charge is 0.314 e. The van der Waals surface area contributed by atoms with Crippen molar-refractivity contribution in [1.29, 1.82) is 0 Å². The monoisotopic (exact) mass is 348 g/mol. The average molecular weight is 348 g/mol. The van der Waals surface area contributed by atoms with Gasteiger partial charge in [0.25, 0.3) is 0 Å². The van der Waals surface area contributed by atoms with Gasteiger partial charge in [0.15, 0.2) is 0 Å². The zero-order chi connectivity index (χ0) is 17.6. The molecule has 25 heavy (non-hydrogen) atoms. The normalized spacial score (nSPS) is 56.0. The molecule has 4 unspecified atom stereocenters. The fourth-order valence-corrected chi connectivity index (χ4v) is 7.23. The quantitative estimate of drug-likeness (QED) is 0.682. The standard InChI is InChI=1S/C20H28O5/c1-10(21)23-12-4-6-19(2)11(8-12)9-14-15-13(19)5-7-20(3)16(15)17(24-14)25-18(20)22/h11-17H,4-9H2,1-3H3/t11?,12?,13-,14?,15-,16+,17?,19-,20-/m0/s1. The van der Waals surface area contributed by atoms with Crippen LogP contribution in [0.15, 0.2) is 0 Å². The molecule has 5 nitrogen and oxygen atoms in total. The van der Waals surface area contributed by atoms with Gasteiger partial charge in [-0.15, -0.1) is 0 Å². The Hall–Kier alpha value is -1.10. The fourth-order valence-electron chi connectivity index (χ4n) is 7.23. The molecule has 0 radical (unpaired) electrons. The number of esters is 2. The molecule has 0 aromatic carbocycles. The van der Waals surface area contributed by atoms with Crippen LogP contribution in [0, 0.1) is 34.5 Å². The molecule has 5 rings (SSSR count). The van der Waals surface area contributed by atoms with Crippen LogP contribution in [0.3, 0.4) is 0 Å². The van der Waals surface area contributed by atoms with Crippen molar-refractivity contribution >= 4 is 11.9 Å². The molecule has 9 atom stereocenters. The lowest BCUT2D eigenvalue weighted by Gasteiger charge is -2.59. The SMILES string of the molecule is CC(=O)OC1CC[C@@]2(C)C(C1)CC1OC3OC(=O)[C@@]4(C)CC[C@H]2[C@@H]1[C@H]34. The maximum absolute atomic E-state index is 12.4. The summed E-state index contributed by atoms with van der Waals surface area (Å²) in [4.78, 5) is 23.8. The van der Waals surface area contributed by atoms with Crippen LogP contribution in [0.25, 0.3) is 0 Å². The van der Waals surface area contributed by atoms with Crippen LogP contribution in [0.5, 0.6) is 0 Å². The van der Waals surface area contributed by atoms with E-state index in [9.17, 15) is 9.59 Å². The number of ether oxygens (including phenoxy) is 3. The van der Waals surface area contributed by atoms with E-state index in [4.69, 9.17) is 14.2 Å². The van der Waals surface area contributed by atoms with Crippen LogP contribution in [0.4, 0.5) is 0 Å². The minimum absolute atomic E-state index is 0.0507. The molecule has 5 heteroatoms. The molecule has 3 aliphatic carbocycles. The zero-order valence-electron chi connectivity index (χ0n) is 15.3. The average Bonchev–Trinajstić information content (AvgIpc) is 3.01. The van der Waals surface area contributed by atoms with Crippen molar-refractivity contribution in [3.63, 3.8) is 0 Å². The van der Waals surface area contributed by atoms with Crippen molar-refractivity contribution < 1.29 is 23.8 Å². The third-order valence-electron chi connectivity index (χ3n) is 8.49. The summed E-state index contributed by atoms with van der Waals surface area (Å²) >= 11 is 0. The molecule has 0 bridgehead atoms. The molecule has 2 saturated heterocycles. The highest BCUT2D eigenvalue weighted by Crippen LogP contribution is 2.68. The summed E-state index contributed by atoms with van der Waals surface area (Å²) in [7, 11) is 0. The highest BCUT2D eigenvalue weighted by atomic mass is 16.7. The molecule has 0 aromatic heterocycles. The van der Waals surface area contributed by atoms with Crippen molar-refractivity contribution in [3.05, 3.63) is 0 Å². The largest absolute Gasteiger partial charge is 0.463 e. The molecule has 3 saturated carbocycles. The van der Waals surface area contributed by atoms with E-state index in [0.717, 1.165) is 38.5 Å². The predicted molar refractivity (Wildman–Crippen MR) is 88.2 cm³/mol. The second-order valence-electron chi connectivity index (χ2n) is 9.56. The summed E-state index contributed by atoms with van der Waals surface area (Å²) in [5, 5.41) is 0. The lowest BCUT2D eigenvalue weighted by molar-refractivity contribution is -0.184. The topological polar surface area (TPSA) is 61.8 Å². The van der Waals surface area contributed by atoms with Crippen LogP contribution >= 0.6 is 0 Å². The van der Waals surface area contributed by atoms with E-state index in [-0.39, 0.29) is 47.2 Å². The summed E-state index contributed by atoms with van der Waals surface area (Å²) in [5.41, 5.74) is -0.0816. The van der Waals surface area contributed by atoms with Gasteiger partial charge in [0.05, 0.1) is 11.5 Å². The van der Waals surface area contributed by atoms with Crippen LogP contribution in [0.2, 0.25) is 0 Å². The van der Waals surface area contributed by atoms with Crippen molar-refractivity contribution in [2.24, 2.45) is 34.5 Å². The minimum Gasteiger partial charge on any atom is -0.463 e. The molecule has 0 amide bonds. The Morgan fingerprint density at radius 3 is 2.76 bits per heavy atom. The highest BCUT2D eigenvalue weighted by molar-refractivity contribution is 5.79. The summed E-state index contributed by atoms with van der Waals surface area (Å²) in [6.07, 6.45) is 5.95. The Labute approximate surface area is 148 Å². The van der Waals surface area contributed by atoms with Crippen molar-refractivity contribution in [2.45, 2.75) is 77.8 Å². The van der Waals surface area contributed by atoms with Gasteiger partial charge < -0.3 is 14.2 Å². The Balaban J connectivity index is 1.45. The molecule has 5 aliphatic rings. The van der Waals surface area contributed by atoms with Gasteiger partial charge in [0.1, 0.15) is 6.10 Å². The first-order valence-electron chi connectivity index (χ1n) is 9.87. The second-order valence-corrected chi connectivity index (χ2v) is 9.56. The number of rotatable bonds is 1. The summed E-state index contributed by atoms with van der Waals surface area (Å²) in [5.74, 6) is 1.57. The Kier molecular flexibility index (Phi) is 3.22. The number of hydrogen-bond donors (Lipinski definition) is 0. The Bertz CT molecular complexity index is 632. The van der Waals surface area contributed by atoms with E-state index in [1.165, 1.54) is 6.92 Å².